The van der Waals surface area contributed by atoms with Gasteiger partial charge in [0.1, 0.15) is 17.1 Å². The van der Waals surface area contributed by atoms with Gasteiger partial charge >= 0.3 is 37.7 Å². The molecule has 1 fully saturated rings. The summed E-state index contributed by atoms with van der Waals surface area (Å²) < 4.78 is 105. The minimum absolute atomic E-state index is 0.102. The number of halogens is 3. The predicted octanol–water partition coefficient (Wildman–Crippen LogP) is 4.32. The summed E-state index contributed by atoms with van der Waals surface area (Å²) >= 11 is 0. The molecule has 0 spiro atoms. The number of cyclic esters (lactones) is 1. The summed E-state index contributed by atoms with van der Waals surface area (Å²) in [5, 5.41) is 9.27. The first-order valence-corrected chi connectivity index (χ1v) is 14.6. The van der Waals surface area contributed by atoms with E-state index < -0.39 is 79.3 Å². The van der Waals surface area contributed by atoms with Crippen molar-refractivity contribution < 1.29 is 57.8 Å². The number of hydrogen-bond acceptors (Lipinski definition) is 9. The van der Waals surface area contributed by atoms with E-state index in [0.29, 0.717) is 18.4 Å². The molecule has 1 heterocycles. The zero-order valence-corrected chi connectivity index (χ0v) is 22.7. The Morgan fingerprint density at radius 1 is 1.10 bits per heavy atom. The van der Waals surface area contributed by atoms with Gasteiger partial charge in [0, 0.05) is 16.7 Å². The van der Waals surface area contributed by atoms with Crippen molar-refractivity contribution in [3.05, 3.63) is 63.7 Å². The zero-order chi connectivity index (χ0) is 29.6. The fourth-order valence-electron chi connectivity index (χ4n) is 4.48. The number of fused-ring (bicyclic) bond motifs is 1. The number of carboxylic acid groups (broad SMARTS) is 1. The number of hydrogen-bond donors (Lipinski definition) is 1. The molecule has 2 aromatic rings. The van der Waals surface area contributed by atoms with Gasteiger partial charge in [0.2, 0.25) is 0 Å². The molecule has 1 N–H and O–H groups in total. The molecule has 1 aliphatic heterocycles. The average molecular weight is 605 g/mol. The summed E-state index contributed by atoms with van der Waals surface area (Å²) in [6.45, 7) is 2.41. The number of alkyl halides is 3. The maximum atomic E-state index is 13.3. The first kappa shape index (κ1) is 29.4. The van der Waals surface area contributed by atoms with E-state index >= 15 is 0 Å². The fraction of sp³-hybridized carbons (Fsp3) is 0.360. The van der Waals surface area contributed by atoms with Crippen molar-refractivity contribution in [1.29, 1.82) is 0 Å². The van der Waals surface area contributed by atoms with Crippen LogP contribution in [-0.4, -0.2) is 39.4 Å². The van der Waals surface area contributed by atoms with Crippen LogP contribution < -0.4 is 8.37 Å². The van der Waals surface area contributed by atoms with E-state index in [4.69, 9.17) is 8.92 Å². The van der Waals surface area contributed by atoms with E-state index in [0.717, 1.165) is 5.56 Å². The van der Waals surface area contributed by atoms with Gasteiger partial charge in [-0.15, -0.1) is 0 Å². The van der Waals surface area contributed by atoms with Crippen LogP contribution in [0.5, 0.6) is 11.5 Å². The van der Waals surface area contributed by atoms with Gasteiger partial charge in [0.25, 0.3) is 0 Å². The number of carbonyl (C=O) groups excluding carboxylic acids is 1. The fourth-order valence-corrected chi connectivity index (χ4v) is 5.99. The van der Waals surface area contributed by atoms with Gasteiger partial charge in [-0.1, -0.05) is 29.3 Å². The maximum Gasteiger partial charge on any atom is 0.534 e. The molecular formula is C25H23F3O10S2. The normalized spacial score (nSPS) is 18.5. The standard InChI is InChI=1S/C25H23F3O10S2/c1-13-3-8-17(9-4-13)39(32,33)37-22-18(10-6-15-5-7-16(11-15)23(29)30)21(38-40(34,35)25(26,27)28)14(2)19-12-36-24(31)20(19)22/h3-4,6,8-9,16H,5,7,10-12H2,1-2H3,(H,29,30)/b15-6+. The number of esters is 1. The largest absolute Gasteiger partial charge is 0.534 e. The van der Waals surface area contributed by atoms with Gasteiger partial charge in [-0.25, -0.2) is 4.79 Å². The summed E-state index contributed by atoms with van der Waals surface area (Å²) in [6, 6.07) is 5.38. The summed E-state index contributed by atoms with van der Waals surface area (Å²) in [7, 11) is -10.9. The third-order valence-corrected chi connectivity index (χ3v) is 8.86. The summed E-state index contributed by atoms with van der Waals surface area (Å²) in [4.78, 5) is 23.7. The molecule has 4 rings (SSSR count). The third kappa shape index (κ3) is 5.66. The predicted molar refractivity (Wildman–Crippen MR) is 132 cm³/mol. The Morgan fingerprint density at radius 2 is 1.75 bits per heavy atom. The highest BCUT2D eigenvalue weighted by atomic mass is 32.2. The van der Waals surface area contributed by atoms with Crippen molar-refractivity contribution >= 4 is 32.2 Å². The molecule has 2 aromatic carbocycles. The molecule has 0 radical (unpaired) electrons. The van der Waals surface area contributed by atoms with Crippen LogP contribution in [0.1, 0.15) is 51.9 Å². The lowest BCUT2D eigenvalue weighted by atomic mass is 9.95. The molecule has 0 saturated heterocycles. The van der Waals surface area contributed by atoms with Gasteiger partial charge in [-0.3, -0.25) is 4.79 Å². The quantitative estimate of drug-likeness (QED) is 0.200. The van der Waals surface area contributed by atoms with Crippen molar-refractivity contribution in [2.75, 3.05) is 0 Å². The molecule has 15 heteroatoms. The molecule has 1 atom stereocenters. The second kappa shape index (κ2) is 10.4. The SMILES string of the molecule is Cc1ccc(S(=O)(=O)Oc2c(C/C=C3\CCC(C(=O)O)C3)c(OS(=O)(=O)C(F)(F)F)c(C)c3c2C(=O)OC3)cc1. The van der Waals surface area contributed by atoms with Crippen molar-refractivity contribution in [2.24, 2.45) is 5.92 Å². The molecule has 0 amide bonds. The molecule has 0 aromatic heterocycles. The number of carboxylic acids is 1. The number of rotatable bonds is 8. The van der Waals surface area contributed by atoms with Crippen LogP contribution in [0.15, 0.2) is 40.8 Å². The van der Waals surface area contributed by atoms with E-state index in [2.05, 4.69) is 4.18 Å². The van der Waals surface area contributed by atoms with Crippen LogP contribution in [0.3, 0.4) is 0 Å². The molecule has 40 heavy (non-hydrogen) atoms. The topological polar surface area (TPSA) is 150 Å². The van der Waals surface area contributed by atoms with Crippen LogP contribution in [0, 0.1) is 19.8 Å². The van der Waals surface area contributed by atoms with E-state index in [1.54, 1.807) is 6.92 Å². The van der Waals surface area contributed by atoms with Gasteiger partial charge in [0.05, 0.1) is 5.92 Å². The Balaban J connectivity index is 1.92. The monoisotopic (exact) mass is 604 g/mol. The highest BCUT2D eigenvalue weighted by molar-refractivity contribution is 7.88. The van der Waals surface area contributed by atoms with Gasteiger partial charge in [0.15, 0.2) is 11.5 Å². The Bertz CT molecular complexity index is 1620. The van der Waals surface area contributed by atoms with Crippen molar-refractivity contribution in [1.82, 2.24) is 0 Å². The number of aliphatic carboxylic acids is 1. The molecular weight excluding hydrogens is 581 g/mol. The first-order chi connectivity index (χ1) is 18.5. The van der Waals surface area contributed by atoms with Crippen molar-refractivity contribution in [3.63, 3.8) is 0 Å². The Hall–Kier alpha value is -3.59. The molecule has 1 aliphatic carbocycles. The average Bonchev–Trinajstić information content (AvgIpc) is 3.48. The highest BCUT2D eigenvalue weighted by Gasteiger charge is 2.50. The second-order valence-corrected chi connectivity index (χ2v) is 12.5. The Kier molecular flexibility index (Phi) is 7.66. The Labute approximate surface area is 227 Å². The lowest BCUT2D eigenvalue weighted by Crippen LogP contribution is -2.29. The summed E-state index contributed by atoms with van der Waals surface area (Å²) in [5.74, 6) is -4.36. The molecule has 216 valence electrons. The first-order valence-electron chi connectivity index (χ1n) is 11.8. The summed E-state index contributed by atoms with van der Waals surface area (Å²) in [6.07, 6.45) is 1.75. The van der Waals surface area contributed by atoms with E-state index in [9.17, 15) is 44.7 Å². The third-order valence-electron chi connectivity index (χ3n) is 6.67. The zero-order valence-electron chi connectivity index (χ0n) is 21.1. The second-order valence-electron chi connectivity index (χ2n) is 9.37. The van der Waals surface area contributed by atoms with Crippen LogP contribution >= 0.6 is 0 Å². The van der Waals surface area contributed by atoms with E-state index in [1.165, 1.54) is 37.3 Å². The minimum Gasteiger partial charge on any atom is -0.481 e. The van der Waals surface area contributed by atoms with Crippen LogP contribution in [0.2, 0.25) is 0 Å². The molecule has 2 aliphatic rings. The van der Waals surface area contributed by atoms with E-state index in [1.807, 2.05) is 0 Å². The highest BCUT2D eigenvalue weighted by Crippen LogP contribution is 2.46. The minimum atomic E-state index is -6.23. The lowest BCUT2D eigenvalue weighted by molar-refractivity contribution is -0.141. The molecule has 0 bridgehead atoms. The van der Waals surface area contributed by atoms with Crippen LogP contribution in [-0.2, 0) is 42.8 Å². The Morgan fingerprint density at radius 3 is 2.33 bits per heavy atom. The van der Waals surface area contributed by atoms with Crippen LogP contribution in [0.4, 0.5) is 13.2 Å². The van der Waals surface area contributed by atoms with Crippen molar-refractivity contribution in [3.8, 4) is 11.5 Å². The van der Waals surface area contributed by atoms with Gasteiger partial charge in [-0.2, -0.15) is 30.0 Å². The maximum absolute atomic E-state index is 13.3. The van der Waals surface area contributed by atoms with Gasteiger partial charge in [-0.05, 0) is 51.7 Å². The molecule has 1 unspecified atom stereocenters. The summed E-state index contributed by atoms with van der Waals surface area (Å²) in [5.41, 5.74) is -5.68. The number of allylic oxidation sites excluding steroid dienone is 2. The molecule has 10 nitrogen and oxygen atoms in total. The lowest BCUT2D eigenvalue weighted by Gasteiger charge is -2.20. The number of aryl methyl sites for hydroxylation is 1. The number of carbonyl (C=O) groups is 2. The van der Waals surface area contributed by atoms with Crippen molar-refractivity contribution in [2.45, 2.75) is 56.5 Å². The number of benzene rings is 2. The molecule has 1 saturated carbocycles. The number of ether oxygens (including phenoxy) is 1. The smallest absolute Gasteiger partial charge is 0.481 e. The van der Waals surface area contributed by atoms with Gasteiger partial charge < -0.3 is 18.2 Å². The van der Waals surface area contributed by atoms with Crippen LogP contribution in [0.25, 0.3) is 0 Å². The van der Waals surface area contributed by atoms with E-state index in [-0.39, 0.29) is 22.4 Å².